The van der Waals surface area contributed by atoms with Crippen LogP contribution >= 0.6 is 0 Å². The third kappa shape index (κ3) is 3.30. The Balaban J connectivity index is 1.82. The maximum atomic E-state index is 11.9. The van der Waals surface area contributed by atoms with Crippen LogP contribution in [0.2, 0.25) is 0 Å². The fourth-order valence-corrected chi connectivity index (χ4v) is 1.82. The summed E-state index contributed by atoms with van der Waals surface area (Å²) in [7, 11) is 0. The summed E-state index contributed by atoms with van der Waals surface area (Å²) in [6.45, 7) is 3.15. The molecule has 0 aliphatic carbocycles. The van der Waals surface area contributed by atoms with Crippen molar-refractivity contribution in [2.45, 2.75) is 13.0 Å². The van der Waals surface area contributed by atoms with E-state index in [4.69, 9.17) is 0 Å². The molecule has 0 saturated carbocycles. The van der Waals surface area contributed by atoms with Crippen LogP contribution in [0.4, 0.5) is 0 Å². The summed E-state index contributed by atoms with van der Waals surface area (Å²) in [6, 6.07) is 0. The van der Waals surface area contributed by atoms with Crippen LogP contribution in [0.15, 0.2) is 12.4 Å². The van der Waals surface area contributed by atoms with Crippen molar-refractivity contribution < 1.29 is 9.59 Å². The number of H-pyrrole nitrogens is 1. The number of aromatic amines is 1. The lowest BCUT2D eigenvalue weighted by Crippen LogP contribution is -2.44. The maximum Gasteiger partial charge on any atom is 0.311 e. The van der Waals surface area contributed by atoms with Gasteiger partial charge in [-0.15, -0.1) is 0 Å². The van der Waals surface area contributed by atoms with Crippen LogP contribution in [-0.4, -0.2) is 53.1 Å². The van der Waals surface area contributed by atoms with Gasteiger partial charge in [0.2, 0.25) is 0 Å². The van der Waals surface area contributed by atoms with Crippen LogP contribution in [0.1, 0.15) is 12.0 Å². The second-order valence-corrected chi connectivity index (χ2v) is 4.18. The summed E-state index contributed by atoms with van der Waals surface area (Å²) < 4.78 is 0. The minimum Gasteiger partial charge on any atom is -0.344 e. The number of hydrogen-bond acceptors (Lipinski definition) is 4. The average Bonchev–Trinajstić information content (AvgIpc) is 2.75. The lowest BCUT2D eigenvalue weighted by atomic mass is 10.3. The Morgan fingerprint density at radius 1 is 1.39 bits per heavy atom. The molecule has 1 fully saturated rings. The van der Waals surface area contributed by atoms with Crippen LogP contribution in [0.25, 0.3) is 0 Å². The van der Waals surface area contributed by atoms with Gasteiger partial charge in [0, 0.05) is 37.9 Å². The van der Waals surface area contributed by atoms with E-state index in [1.165, 1.54) is 0 Å². The first-order valence-electron chi connectivity index (χ1n) is 6.03. The fourth-order valence-electron chi connectivity index (χ4n) is 1.82. The molecule has 2 heterocycles. The Bertz CT molecular complexity index is 396. The van der Waals surface area contributed by atoms with Crippen LogP contribution in [0.3, 0.4) is 0 Å². The largest absolute Gasteiger partial charge is 0.344 e. The average molecular weight is 251 g/mol. The first kappa shape index (κ1) is 12.6. The van der Waals surface area contributed by atoms with Gasteiger partial charge in [-0.1, -0.05) is 0 Å². The molecule has 1 aliphatic heterocycles. The van der Waals surface area contributed by atoms with Gasteiger partial charge in [-0.05, 0) is 13.0 Å². The lowest BCUT2D eigenvalue weighted by molar-refractivity contribution is -0.145. The number of nitrogens with zero attached hydrogens (tertiary/aromatic N) is 2. The Morgan fingerprint density at radius 2 is 2.28 bits per heavy atom. The first-order chi connectivity index (χ1) is 8.77. The van der Waals surface area contributed by atoms with Gasteiger partial charge in [0.15, 0.2) is 0 Å². The van der Waals surface area contributed by atoms with E-state index >= 15 is 0 Å². The highest BCUT2D eigenvalue weighted by atomic mass is 16.2. The van der Waals surface area contributed by atoms with Gasteiger partial charge in [-0.25, -0.2) is 0 Å². The van der Waals surface area contributed by atoms with Crippen molar-refractivity contribution in [3.05, 3.63) is 18.0 Å². The van der Waals surface area contributed by atoms with Gasteiger partial charge in [-0.2, -0.15) is 5.10 Å². The van der Waals surface area contributed by atoms with E-state index in [1.54, 1.807) is 17.3 Å². The van der Waals surface area contributed by atoms with Crippen molar-refractivity contribution in [1.29, 1.82) is 0 Å². The second kappa shape index (κ2) is 6.15. The van der Waals surface area contributed by atoms with Crippen molar-refractivity contribution >= 4 is 11.8 Å². The Labute approximate surface area is 105 Å². The van der Waals surface area contributed by atoms with E-state index < -0.39 is 11.8 Å². The molecule has 0 radical (unpaired) electrons. The highest BCUT2D eigenvalue weighted by molar-refractivity contribution is 6.34. The molecule has 3 N–H and O–H groups in total. The highest BCUT2D eigenvalue weighted by Crippen LogP contribution is 1.97. The molecule has 0 spiro atoms. The number of carbonyl (C=O) groups is 2. The number of amides is 2. The molecule has 1 saturated heterocycles. The van der Waals surface area contributed by atoms with E-state index in [9.17, 15) is 9.59 Å². The number of hydrogen-bond donors (Lipinski definition) is 3. The second-order valence-electron chi connectivity index (χ2n) is 4.18. The Kier molecular flexibility index (Phi) is 4.30. The number of carbonyl (C=O) groups excluding carboxylic acids is 2. The predicted octanol–water partition coefficient (Wildman–Crippen LogP) is -1.15. The van der Waals surface area contributed by atoms with E-state index in [-0.39, 0.29) is 0 Å². The molecule has 18 heavy (non-hydrogen) atoms. The monoisotopic (exact) mass is 251 g/mol. The summed E-state index contributed by atoms with van der Waals surface area (Å²) in [5, 5.41) is 12.2. The molecule has 1 aliphatic rings. The molecule has 0 atom stereocenters. The normalized spacial score (nSPS) is 16.1. The Hall–Kier alpha value is -1.89. The molecular weight excluding hydrogens is 234 g/mol. The van der Waals surface area contributed by atoms with Gasteiger partial charge >= 0.3 is 11.8 Å². The third-order valence-corrected chi connectivity index (χ3v) is 2.83. The SMILES string of the molecule is O=C(NCc1cn[nH]c1)C(=O)N1CCCNCC1. The number of nitrogens with one attached hydrogen (secondary N) is 3. The van der Waals surface area contributed by atoms with Gasteiger partial charge in [0.1, 0.15) is 0 Å². The topological polar surface area (TPSA) is 90.1 Å². The summed E-state index contributed by atoms with van der Waals surface area (Å²) in [5.74, 6) is -1.01. The molecule has 1 aromatic heterocycles. The minimum atomic E-state index is -0.557. The summed E-state index contributed by atoms with van der Waals surface area (Å²) in [6.07, 6.45) is 4.17. The van der Waals surface area contributed by atoms with Crippen molar-refractivity contribution in [2.24, 2.45) is 0 Å². The minimum absolute atomic E-state index is 0.313. The predicted molar refractivity (Wildman–Crippen MR) is 64.5 cm³/mol. The molecule has 0 aromatic carbocycles. The van der Waals surface area contributed by atoms with Gasteiger partial charge < -0.3 is 15.5 Å². The lowest BCUT2D eigenvalue weighted by Gasteiger charge is -2.18. The van der Waals surface area contributed by atoms with Crippen molar-refractivity contribution in [1.82, 2.24) is 25.7 Å². The van der Waals surface area contributed by atoms with Crippen LogP contribution in [0, 0.1) is 0 Å². The molecule has 0 unspecified atom stereocenters. The van der Waals surface area contributed by atoms with Crippen LogP contribution < -0.4 is 10.6 Å². The number of rotatable bonds is 2. The fraction of sp³-hybridized carbons (Fsp3) is 0.545. The van der Waals surface area contributed by atoms with Gasteiger partial charge in [0.25, 0.3) is 0 Å². The van der Waals surface area contributed by atoms with Crippen molar-refractivity contribution in [3.63, 3.8) is 0 Å². The van der Waals surface area contributed by atoms with Gasteiger partial charge in [0.05, 0.1) is 6.20 Å². The molecule has 1 aromatic rings. The molecule has 98 valence electrons. The maximum absolute atomic E-state index is 11.9. The van der Waals surface area contributed by atoms with E-state index in [0.717, 1.165) is 25.1 Å². The first-order valence-corrected chi connectivity index (χ1v) is 6.03. The quantitative estimate of drug-likeness (QED) is 0.579. The van der Waals surface area contributed by atoms with E-state index in [2.05, 4.69) is 20.8 Å². The van der Waals surface area contributed by atoms with E-state index in [1.807, 2.05) is 0 Å². The number of aromatic nitrogens is 2. The zero-order valence-electron chi connectivity index (χ0n) is 10.1. The van der Waals surface area contributed by atoms with Crippen LogP contribution in [0.5, 0.6) is 0 Å². The summed E-state index contributed by atoms with van der Waals surface area (Å²) in [4.78, 5) is 25.2. The molecule has 7 nitrogen and oxygen atoms in total. The van der Waals surface area contributed by atoms with E-state index in [0.29, 0.717) is 19.6 Å². The molecule has 0 bridgehead atoms. The van der Waals surface area contributed by atoms with Crippen molar-refractivity contribution in [3.8, 4) is 0 Å². The zero-order chi connectivity index (χ0) is 12.8. The Morgan fingerprint density at radius 3 is 3.06 bits per heavy atom. The third-order valence-electron chi connectivity index (χ3n) is 2.83. The smallest absolute Gasteiger partial charge is 0.311 e. The molecule has 2 rings (SSSR count). The highest BCUT2D eigenvalue weighted by Gasteiger charge is 2.22. The summed E-state index contributed by atoms with van der Waals surface area (Å²) >= 11 is 0. The molecular formula is C11H17N5O2. The zero-order valence-corrected chi connectivity index (χ0v) is 10.1. The molecule has 2 amide bonds. The van der Waals surface area contributed by atoms with Crippen molar-refractivity contribution in [2.75, 3.05) is 26.2 Å². The standard InChI is InChI=1S/C11H17N5O2/c17-10(13-6-9-7-14-15-8-9)11(18)16-4-1-2-12-3-5-16/h7-8,12H,1-6H2,(H,13,17)(H,14,15). The van der Waals surface area contributed by atoms with Gasteiger partial charge in [-0.3, -0.25) is 14.7 Å². The molecule has 7 heteroatoms. The van der Waals surface area contributed by atoms with Crippen LogP contribution in [-0.2, 0) is 16.1 Å². The summed E-state index contributed by atoms with van der Waals surface area (Å²) in [5.41, 5.74) is 0.841.